The molecule has 0 saturated heterocycles. The quantitative estimate of drug-likeness (QED) is 0.484. The third-order valence-corrected chi connectivity index (χ3v) is 3.89. The summed E-state index contributed by atoms with van der Waals surface area (Å²) < 4.78 is 0. The van der Waals surface area contributed by atoms with E-state index in [-0.39, 0.29) is 6.04 Å². The van der Waals surface area contributed by atoms with Crippen molar-refractivity contribution in [2.24, 2.45) is 16.3 Å². The van der Waals surface area contributed by atoms with E-state index in [0.29, 0.717) is 5.41 Å². The van der Waals surface area contributed by atoms with Crippen molar-refractivity contribution < 1.29 is 4.79 Å². The van der Waals surface area contributed by atoms with E-state index >= 15 is 0 Å². The Morgan fingerprint density at radius 1 is 1.54 bits per heavy atom. The van der Waals surface area contributed by atoms with Crippen molar-refractivity contribution in [1.82, 2.24) is 0 Å². The molecular formula is C11H17NO. The lowest BCUT2D eigenvalue weighted by Gasteiger charge is -2.27. The van der Waals surface area contributed by atoms with Crippen molar-refractivity contribution in [2.45, 2.75) is 51.5 Å². The molecule has 0 N–H and O–H groups in total. The summed E-state index contributed by atoms with van der Waals surface area (Å²) in [5.74, 6) is 0.993. The van der Waals surface area contributed by atoms with Crippen molar-refractivity contribution in [1.29, 1.82) is 0 Å². The number of rotatable bonds is 3. The molecule has 0 heterocycles. The van der Waals surface area contributed by atoms with Crippen LogP contribution in [0.5, 0.6) is 0 Å². The van der Waals surface area contributed by atoms with Crippen molar-refractivity contribution in [3.05, 3.63) is 0 Å². The number of aliphatic imine (C=N–C) groups is 1. The Balaban J connectivity index is 1.97. The fourth-order valence-electron chi connectivity index (χ4n) is 3.36. The van der Waals surface area contributed by atoms with Gasteiger partial charge in [0.1, 0.15) is 0 Å². The average Bonchev–Trinajstić information content (AvgIpc) is 2.63. The van der Waals surface area contributed by atoms with Gasteiger partial charge in [-0.2, -0.15) is 0 Å². The monoisotopic (exact) mass is 179 g/mol. The predicted molar refractivity (Wildman–Crippen MR) is 51.2 cm³/mol. The lowest BCUT2D eigenvalue weighted by Crippen LogP contribution is -2.19. The van der Waals surface area contributed by atoms with Gasteiger partial charge in [0.15, 0.2) is 0 Å². The minimum atomic E-state index is 0.189. The minimum Gasteiger partial charge on any atom is -0.211 e. The Morgan fingerprint density at radius 2 is 2.23 bits per heavy atom. The summed E-state index contributed by atoms with van der Waals surface area (Å²) in [5.41, 5.74) is 0.560. The van der Waals surface area contributed by atoms with Crippen LogP contribution >= 0.6 is 0 Å². The summed E-state index contributed by atoms with van der Waals surface area (Å²) in [7, 11) is 0. The van der Waals surface area contributed by atoms with Gasteiger partial charge in [0.05, 0.1) is 6.04 Å². The fraction of sp³-hybridized carbons (Fsp3) is 0.909. The Kier molecular flexibility index (Phi) is 2.25. The average molecular weight is 179 g/mol. The van der Waals surface area contributed by atoms with Crippen LogP contribution in [0.3, 0.4) is 0 Å². The van der Waals surface area contributed by atoms with Gasteiger partial charge in [0.25, 0.3) is 0 Å². The largest absolute Gasteiger partial charge is 0.235 e. The molecule has 2 aliphatic carbocycles. The van der Waals surface area contributed by atoms with Crippen LogP contribution in [-0.2, 0) is 4.79 Å². The van der Waals surface area contributed by atoms with Crippen LogP contribution in [0, 0.1) is 11.3 Å². The molecule has 0 amide bonds. The molecule has 2 saturated carbocycles. The molecule has 2 heteroatoms. The Hall–Kier alpha value is -0.620. The van der Waals surface area contributed by atoms with Crippen LogP contribution < -0.4 is 0 Å². The molecule has 13 heavy (non-hydrogen) atoms. The van der Waals surface area contributed by atoms with Gasteiger partial charge in [-0.3, -0.25) is 0 Å². The summed E-state index contributed by atoms with van der Waals surface area (Å²) in [6.07, 6.45) is 9.75. The molecule has 0 aromatic heterocycles. The number of nitrogens with zero attached hydrogens (tertiary/aromatic N) is 1. The number of fused-ring (bicyclic) bond motifs is 2. The smallest absolute Gasteiger partial charge is 0.211 e. The van der Waals surface area contributed by atoms with Gasteiger partial charge in [-0.1, -0.05) is 0 Å². The van der Waals surface area contributed by atoms with Crippen LogP contribution in [0.15, 0.2) is 4.99 Å². The van der Waals surface area contributed by atoms with Crippen LogP contribution in [0.4, 0.5) is 0 Å². The first-order valence-corrected chi connectivity index (χ1v) is 5.31. The van der Waals surface area contributed by atoms with Gasteiger partial charge < -0.3 is 0 Å². The summed E-state index contributed by atoms with van der Waals surface area (Å²) in [6.45, 7) is 2.03. The molecule has 0 spiro atoms. The zero-order chi connectivity index (χ0) is 9.31. The summed E-state index contributed by atoms with van der Waals surface area (Å²) in [5, 5.41) is 0. The highest BCUT2D eigenvalue weighted by Gasteiger charge is 2.44. The van der Waals surface area contributed by atoms with Crippen LogP contribution in [0.2, 0.25) is 0 Å². The van der Waals surface area contributed by atoms with E-state index in [9.17, 15) is 4.79 Å². The van der Waals surface area contributed by atoms with E-state index < -0.39 is 0 Å². The normalized spacial score (nSPS) is 38.7. The van der Waals surface area contributed by atoms with Gasteiger partial charge in [-0.05, 0) is 56.8 Å². The molecule has 1 unspecified atom stereocenters. The highest BCUT2D eigenvalue weighted by atomic mass is 16.1. The van der Waals surface area contributed by atoms with Crippen molar-refractivity contribution in [2.75, 3.05) is 0 Å². The first-order valence-electron chi connectivity index (χ1n) is 5.31. The van der Waals surface area contributed by atoms with Crippen LogP contribution in [0.25, 0.3) is 0 Å². The number of hydrogen-bond acceptors (Lipinski definition) is 2. The second-order valence-electron chi connectivity index (χ2n) is 4.92. The third kappa shape index (κ3) is 1.68. The fourth-order valence-corrected chi connectivity index (χ4v) is 3.36. The lowest BCUT2D eigenvalue weighted by atomic mass is 9.79. The van der Waals surface area contributed by atoms with E-state index in [2.05, 4.69) is 4.99 Å². The van der Waals surface area contributed by atoms with E-state index in [1.807, 2.05) is 6.92 Å². The van der Waals surface area contributed by atoms with Gasteiger partial charge in [-0.15, -0.1) is 0 Å². The van der Waals surface area contributed by atoms with E-state index in [1.54, 1.807) is 6.08 Å². The molecule has 72 valence electrons. The molecule has 0 radical (unpaired) electrons. The van der Waals surface area contributed by atoms with Crippen molar-refractivity contribution in [3.63, 3.8) is 0 Å². The van der Waals surface area contributed by atoms with Gasteiger partial charge in [0, 0.05) is 0 Å². The van der Waals surface area contributed by atoms with E-state index in [4.69, 9.17) is 0 Å². The predicted octanol–water partition coefficient (Wildman–Crippen LogP) is 2.68. The number of carbonyl (C=O) groups excluding carboxylic acids is 1. The Labute approximate surface area is 79.4 Å². The van der Waals surface area contributed by atoms with Gasteiger partial charge >= 0.3 is 0 Å². The number of isocyanates is 1. The maximum atomic E-state index is 10.1. The maximum Gasteiger partial charge on any atom is 0.235 e. The molecule has 2 nitrogen and oxygen atoms in total. The zero-order valence-electron chi connectivity index (χ0n) is 8.25. The highest BCUT2D eigenvalue weighted by Crippen LogP contribution is 2.56. The number of hydrogen-bond donors (Lipinski definition) is 0. The Morgan fingerprint density at radius 3 is 2.69 bits per heavy atom. The second-order valence-corrected chi connectivity index (χ2v) is 4.92. The minimum absolute atomic E-state index is 0.189. The molecule has 2 fully saturated rings. The first kappa shape index (κ1) is 8.96. The molecule has 0 aromatic carbocycles. The SMILES string of the molecule is CC(CC12CCC(CC1)C2)N=C=O. The van der Waals surface area contributed by atoms with E-state index in [0.717, 1.165) is 12.3 Å². The molecule has 2 rings (SSSR count). The van der Waals surface area contributed by atoms with Gasteiger partial charge in [-0.25, -0.2) is 9.79 Å². The molecule has 0 aromatic rings. The molecule has 0 aliphatic heterocycles. The standard InChI is InChI=1S/C11H17NO/c1-9(12-8-13)6-11-4-2-10(7-11)3-5-11/h9-10H,2-7H2,1H3. The first-order chi connectivity index (χ1) is 6.24. The molecular weight excluding hydrogens is 162 g/mol. The second kappa shape index (κ2) is 3.26. The zero-order valence-corrected chi connectivity index (χ0v) is 8.25. The topological polar surface area (TPSA) is 29.4 Å². The molecule has 2 bridgehead atoms. The van der Waals surface area contributed by atoms with Crippen molar-refractivity contribution in [3.8, 4) is 0 Å². The maximum absolute atomic E-state index is 10.1. The van der Waals surface area contributed by atoms with Crippen molar-refractivity contribution >= 4 is 6.08 Å². The summed E-state index contributed by atoms with van der Waals surface area (Å²) in [6, 6.07) is 0.189. The lowest BCUT2D eigenvalue weighted by molar-refractivity contribution is 0.254. The molecule has 1 atom stereocenters. The van der Waals surface area contributed by atoms with Crippen LogP contribution in [-0.4, -0.2) is 12.1 Å². The Bertz CT molecular complexity index is 234. The third-order valence-electron chi connectivity index (χ3n) is 3.89. The summed E-state index contributed by atoms with van der Waals surface area (Å²) >= 11 is 0. The summed E-state index contributed by atoms with van der Waals surface area (Å²) in [4.78, 5) is 13.9. The van der Waals surface area contributed by atoms with E-state index in [1.165, 1.54) is 32.1 Å². The highest BCUT2D eigenvalue weighted by molar-refractivity contribution is 5.33. The van der Waals surface area contributed by atoms with Gasteiger partial charge in [0.2, 0.25) is 6.08 Å². The molecule has 2 aliphatic rings. The van der Waals surface area contributed by atoms with Crippen LogP contribution in [0.1, 0.15) is 45.4 Å².